The SMILES string of the molecule is CCNC(=NCCS(=O)Cc1ccccc1)N1CCC(C)CC1.I. The van der Waals surface area contributed by atoms with Crippen molar-refractivity contribution in [3.05, 3.63) is 35.9 Å². The van der Waals surface area contributed by atoms with E-state index in [1.807, 2.05) is 30.3 Å². The van der Waals surface area contributed by atoms with Gasteiger partial charge in [-0.1, -0.05) is 37.3 Å². The highest BCUT2D eigenvalue weighted by Gasteiger charge is 2.18. The topological polar surface area (TPSA) is 44.7 Å². The first-order valence-corrected chi connectivity index (χ1v) is 10.1. The fraction of sp³-hybridized carbons (Fsp3) is 0.611. The first-order valence-electron chi connectivity index (χ1n) is 8.61. The lowest BCUT2D eigenvalue weighted by Gasteiger charge is -2.33. The molecule has 0 aliphatic carbocycles. The normalized spacial score (nSPS) is 17.2. The van der Waals surface area contributed by atoms with Gasteiger partial charge in [0.1, 0.15) is 0 Å². The fourth-order valence-electron chi connectivity index (χ4n) is 2.73. The van der Waals surface area contributed by atoms with E-state index in [2.05, 4.69) is 29.1 Å². The molecule has 0 amide bonds. The molecule has 24 heavy (non-hydrogen) atoms. The molecule has 0 saturated carbocycles. The second-order valence-electron chi connectivity index (χ2n) is 6.18. The maximum absolute atomic E-state index is 12.2. The summed E-state index contributed by atoms with van der Waals surface area (Å²) in [6, 6.07) is 10.0. The molecule has 1 saturated heterocycles. The Labute approximate surface area is 166 Å². The van der Waals surface area contributed by atoms with Crippen LogP contribution in [0.3, 0.4) is 0 Å². The zero-order chi connectivity index (χ0) is 16.5. The van der Waals surface area contributed by atoms with Crippen LogP contribution in [0.4, 0.5) is 0 Å². The maximum atomic E-state index is 12.2. The number of aliphatic imine (C=N–C) groups is 1. The van der Waals surface area contributed by atoms with Crippen LogP contribution in [-0.2, 0) is 16.6 Å². The van der Waals surface area contributed by atoms with Gasteiger partial charge in [-0.3, -0.25) is 9.20 Å². The lowest BCUT2D eigenvalue weighted by molar-refractivity contribution is 0.273. The summed E-state index contributed by atoms with van der Waals surface area (Å²) in [7, 11) is -0.855. The predicted octanol–water partition coefficient (Wildman–Crippen LogP) is 3.25. The predicted molar refractivity (Wildman–Crippen MR) is 115 cm³/mol. The van der Waals surface area contributed by atoms with Crippen molar-refractivity contribution in [2.45, 2.75) is 32.4 Å². The Bertz CT molecular complexity index is 516. The zero-order valence-corrected chi connectivity index (χ0v) is 17.9. The Hall–Kier alpha value is -0.630. The second-order valence-corrected chi connectivity index (χ2v) is 7.76. The number of nitrogens with zero attached hydrogens (tertiary/aromatic N) is 2. The summed E-state index contributed by atoms with van der Waals surface area (Å²) in [5.74, 6) is 3.03. The van der Waals surface area contributed by atoms with E-state index in [1.165, 1.54) is 12.8 Å². The van der Waals surface area contributed by atoms with Crippen molar-refractivity contribution < 1.29 is 4.21 Å². The third kappa shape index (κ3) is 7.51. The number of halogens is 1. The molecule has 1 heterocycles. The third-order valence-electron chi connectivity index (χ3n) is 4.17. The minimum atomic E-state index is -0.855. The van der Waals surface area contributed by atoms with Gasteiger partial charge < -0.3 is 10.2 Å². The van der Waals surface area contributed by atoms with Crippen LogP contribution in [0.2, 0.25) is 0 Å². The Morgan fingerprint density at radius 1 is 1.29 bits per heavy atom. The molecule has 136 valence electrons. The molecule has 2 rings (SSSR count). The highest BCUT2D eigenvalue weighted by atomic mass is 127. The summed E-state index contributed by atoms with van der Waals surface area (Å²) < 4.78 is 12.2. The first kappa shape index (κ1) is 21.4. The van der Waals surface area contributed by atoms with Crippen LogP contribution in [0.1, 0.15) is 32.3 Å². The lowest BCUT2D eigenvalue weighted by atomic mass is 10.00. The van der Waals surface area contributed by atoms with Crippen molar-refractivity contribution in [3.8, 4) is 0 Å². The highest BCUT2D eigenvalue weighted by molar-refractivity contribution is 14.0. The van der Waals surface area contributed by atoms with Crippen LogP contribution in [0.25, 0.3) is 0 Å². The third-order valence-corrected chi connectivity index (χ3v) is 5.46. The van der Waals surface area contributed by atoms with Crippen molar-refractivity contribution >= 4 is 40.7 Å². The van der Waals surface area contributed by atoms with Crippen LogP contribution in [0.15, 0.2) is 35.3 Å². The van der Waals surface area contributed by atoms with E-state index in [9.17, 15) is 4.21 Å². The highest BCUT2D eigenvalue weighted by Crippen LogP contribution is 2.15. The van der Waals surface area contributed by atoms with E-state index in [0.29, 0.717) is 18.1 Å². The molecule has 0 aromatic heterocycles. The van der Waals surface area contributed by atoms with Crippen LogP contribution < -0.4 is 5.32 Å². The summed E-state index contributed by atoms with van der Waals surface area (Å²) in [5.41, 5.74) is 1.13. The van der Waals surface area contributed by atoms with Gasteiger partial charge in [0.15, 0.2) is 5.96 Å². The van der Waals surface area contributed by atoms with E-state index in [1.54, 1.807) is 0 Å². The molecule has 0 spiro atoms. The monoisotopic (exact) mass is 463 g/mol. The molecule has 1 aliphatic rings. The summed E-state index contributed by atoms with van der Waals surface area (Å²) in [6.07, 6.45) is 2.45. The molecule has 1 unspecified atom stereocenters. The van der Waals surface area contributed by atoms with Crippen molar-refractivity contribution in [2.75, 3.05) is 31.9 Å². The smallest absolute Gasteiger partial charge is 0.193 e. The van der Waals surface area contributed by atoms with Crippen molar-refractivity contribution in [1.29, 1.82) is 0 Å². The van der Waals surface area contributed by atoms with Gasteiger partial charge in [-0.2, -0.15) is 0 Å². The van der Waals surface area contributed by atoms with Crippen molar-refractivity contribution in [2.24, 2.45) is 10.9 Å². The molecule has 1 aromatic rings. The van der Waals surface area contributed by atoms with Gasteiger partial charge in [0.05, 0.1) is 6.54 Å². The van der Waals surface area contributed by atoms with Crippen LogP contribution >= 0.6 is 24.0 Å². The Morgan fingerprint density at radius 3 is 2.58 bits per heavy atom. The summed E-state index contributed by atoms with van der Waals surface area (Å²) >= 11 is 0. The number of rotatable bonds is 6. The van der Waals surface area contributed by atoms with Gasteiger partial charge in [-0.15, -0.1) is 24.0 Å². The number of guanidine groups is 1. The molecule has 1 aliphatic heterocycles. The number of piperidine rings is 1. The maximum Gasteiger partial charge on any atom is 0.193 e. The fourth-order valence-corrected chi connectivity index (χ4v) is 3.74. The molecular formula is C18H30IN3OS. The lowest BCUT2D eigenvalue weighted by Crippen LogP contribution is -2.45. The molecule has 1 aromatic carbocycles. The first-order chi connectivity index (χ1) is 11.2. The van der Waals surface area contributed by atoms with E-state index in [4.69, 9.17) is 0 Å². The largest absolute Gasteiger partial charge is 0.357 e. The Kier molecular flexibility index (Phi) is 10.6. The standard InChI is InChI=1S/C18H29N3OS.HI/c1-3-19-18(21-12-9-16(2)10-13-21)20-11-14-23(22)15-17-7-5-4-6-8-17;/h4-8,16H,3,9-15H2,1-2H3,(H,19,20);1H. The summed E-state index contributed by atoms with van der Waals surface area (Å²) in [4.78, 5) is 7.02. The van der Waals surface area contributed by atoms with E-state index < -0.39 is 10.8 Å². The number of nitrogens with one attached hydrogen (secondary N) is 1. The van der Waals surface area contributed by atoms with E-state index >= 15 is 0 Å². The van der Waals surface area contributed by atoms with Gasteiger partial charge >= 0.3 is 0 Å². The van der Waals surface area contributed by atoms with Gasteiger partial charge in [-0.05, 0) is 31.2 Å². The van der Waals surface area contributed by atoms with Crippen LogP contribution in [-0.4, -0.2) is 47.0 Å². The van der Waals surface area contributed by atoms with E-state index in [-0.39, 0.29) is 24.0 Å². The summed E-state index contributed by atoms with van der Waals surface area (Å²) in [6.45, 7) is 8.04. The minimum absolute atomic E-state index is 0. The minimum Gasteiger partial charge on any atom is -0.357 e. The number of benzene rings is 1. The molecule has 1 fully saturated rings. The molecule has 1 N–H and O–H groups in total. The molecule has 1 atom stereocenters. The van der Waals surface area contributed by atoms with Gasteiger partial charge in [0.2, 0.25) is 0 Å². The molecule has 4 nitrogen and oxygen atoms in total. The Morgan fingerprint density at radius 2 is 1.96 bits per heavy atom. The quantitative estimate of drug-likeness (QED) is 0.400. The molecule has 0 bridgehead atoms. The van der Waals surface area contributed by atoms with Gasteiger partial charge in [0, 0.05) is 41.9 Å². The molecule has 0 radical (unpaired) electrons. The average molecular weight is 463 g/mol. The van der Waals surface area contributed by atoms with Crippen molar-refractivity contribution in [1.82, 2.24) is 10.2 Å². The number of hydrogen-bond donors (Lipinski definition) is 1. The summed E-state index contributed by atoms with van der Waals surface area (Å²) in [5, 5.41) is 3.37. The van der Waals surface area contributed by atoms with Crippen LogP contribution in [0.5, 0.6) is 0 Å². The van der Waals surface area contributed by atoms with Gasteiger partial charge in [0.25, 0.3) is 0 Å². The van der Waals surface area contributed by atoms with E-state index in [0.717, 1.165) is 37.1 Å². The van der Waals surface area contributed by atoms with Crippen molar-refractivity contribution in [3.63, 3.8) is 0 Å². The Balaban J connectivity index is 0.00000288. The van der Waals surface area contributed by atoms with Gasteiger partial charge in [-0.25, -0.2) is 0 Å². The molecule has 6 heteroatoms. The average Bonchev–Trinajstić information content (AvgIpc) is 2.56. The number of hydrogen-bond acceptors (Lipinski definition) is 2. The molecular weight excluding hydrogens is 433 g/mol. The number of likely N-dealkylation sites (tertiary alicyclic amines) is 1. The van der Waals surface area contributed by atoms with Crippen LogP contribution in [0, 0.1) is 5.92 Å². The zero-order valence-electron chi connectivity index (χ0n) is 14.7. The second kappa shape index (κ2) is 11.8.